The molecule has 2 unspecified atom stereocenters. The summed E-state index contributed by atoms with van der Waals surface area (Å²) in [5.41, 5.74) is 1.21. The maximum atomic E-state index is 9.68. The van der Waals surface area contributed by atoms with E-state index in [2.05, 4.69) is 47.9 Å². The molecule has 25 heavy (non-hydrogen) atoms. The van der Waals surface area contributed by atoms with Gasteiger partial charge in [0.05, 0.1) is 0 Å². The molecule has 0 saturated carbocycles. The van der Waals surface area contributed by atoms with Crippen LogP contribution in [0, 0.1) is 23.7 Å². The van der Waals surface area contributed by atoms with Crippen molar-refractivity contribution in [2.24, 2.45) is 11.8 Å². The zero-order valence-electron chi connectivity index (χ0n) is 16.0. The van der Waals surface area contributed by atoms with E-state index in [1.54, 1.807) is 13.8 Å². The van der Waals surface area contributed by atoms with E-state index in [1.165, 1.54) is 5.56 Å². The normalized spacial score (nSPS) is 21.9. The Balaban J connectivity index is 1.98. The highest BCUT2D eigenvalue weighted by Crippen LogP contribution is 2.23. The zero-order valence-corrected chi connectivity index (χ0v) is 16.0. The third-order valence-electron chi connectivity index (χ3n) is 4.45. The van der Waals surface area contributed by atoms with E-state index in [0.29, 0.717) is 11.8 Å². The molecular formula is C21H32N2O2. The Hall–Kier alpha value is -1.38. The summed E-state index contributed by atoms with van der Waals surface area (Å²) in [6.07, 6.45) is 1.11. The second kappa shape index (κ2) is 8.82. The van der Waals surface area contributed by atoms with Gasteiger partial charge in [-0.2, -0.15) is 0 Å². The quantitative estimate of drug-likeness (QED) is 0.800. The summed E-state index contributed by atoms with van der Waals surface area (Å²) < 4.78 is 0. The van der Waals surface area contributed by atoms with Gasteiger partial charge in [-0.1, -0.05) is 24.0 Å². The van der Waals surface area contributed by atoms with Crippen molar-refractivity contribution >= 4 is 0 Å². The van der Waals surface area contributed by atoms with Gasteiger partial charge in [0.25, 0.3) is 0 Å². The van der Waals surface area contributed by atoms with Crippen LogP contribution in [0.25, 0.3) is 0 Å². The van der Waals surface area contributed by atoms with Crippen LogP contribution in [-0.4, -0.2) is 66.0 Å². The lowest BCUT2D eigenvalue weighted by Gasteiger charge is -2.38. The Morgan fingerprint density at radius 2 is 1.80 bits per heavy atom. The first-order valence-electron chi connectivity index (χ1n) is 9.07. The molecule has 1 aromatic rings. The fourth-order valence-electron chi connectivity index (χ4n) is 3.51. The molecular weight excluding hydrogens is 312 g/mol. The molecule has 0 spiro atoms. The minimum absolute atomic E-state index is 0.270. The minimum Gasteiger partial charge on any atom is -0.396 e. The van der Waals surface area contributed by atoms with Gasteiger partial charge in [-0.25, -0.2) is 0 Å². The van der Waals surface area contributed by atoms with Crippen molar-refractivity contribution in [1.29, 1.82) is 0 Å². The van der Waals surface area contributed by atoms with Crippen LogP contribution in [0.15, 0.2) is 24.3 Å². The van der Waals surface area contributed by atoms with Crippen molar-refractivity contribution in [2.75, 3.05) is 40.3 Å². The van der Waals surface area contributed by atoms with Crippen molar-refractivity contribution in [1.82, 2.24) is 9.80 Å². The van der Waals surface area contributed by atoms with Crippen molar-refractivity contribution in [2.45, 2.75) is 32.4 Å². The molecule has 0 aliphatic carbocycles. The molecule has 1 heterocycles. The SMILES string of the molecule is CN(C)CC1CC(CO)CN(Cc2ccc(C#CC(C)(C)O)cc2)C1. The van der Waals surface area contributed by atoms with Crippen molar-refractivity contribution < 1.29 is 10.2 Å². The van der Waals surface area contributed by atoms with Gasteiger partial charge < -0.3 is 15.1 Å². The number of hydrogen-bond donors (Lipinski definition) is 2. The molecule has 1 fully saturated rings. The van der Waals surface area contributed by atoms with Gasteiger partial charge in [-0.3, -0.25) is 4.90 Å². The molecule has 1 aliphatic heterocycles. The van der Waals surface area contributed by atoms with E-state index < -0.39 is 5.60 Å². The number of aliphatic hydroxyl groups is 2. The van der Waals surface area contributed by atoms with Crippen LogP contribution in [-0.2, 0) is 6.54 Å². The van der Waals surface area contributed by atoms with Crippen LogP contribution in [0.4, 0.5) is 0 Å². The number of aliphatic hydroxyl groups excluding tert-OH is 1. The van der Waals surface area contributed by atoms with Crippen LogP contribution >= 0.6 is 0 Å². The van der Waals surface area contributed by atoms with Gasteiger partial charge in [0.2, 0.25) is 0 Å². The van der Waals surface area contributed by atoms with Crippen LogP contribution < -0.4 is 0 Å². The maximum Gasteiger partial charge on any atom is 0.120 e. The highest BCUT2D eigenvalue weighted by atomic mass is 16.3. The first-order valence-corrected chi connectivity index (χ1v) is 9.07. The van der Waals surface area contributed by atoms with E-state index in [9.17, 15) is 10.2 Å². The molecule has 0 radical (unpaired) electrons. The zero-order chi connectivity index (χ0) is 18.4. The van der Waals surface area contributed by atoms with Crippen LogP contribution in [0.3, 0.4) is 0 Å². The van der Waals surface area contributed by atoms with Gasteiger partial charge in [0, 0.05) is 38.3 Å². The van der Waals surface area contributed by atoms with E-state index >= 15 is 0 Å². The highest BCUT2D eigenvalue weighted by molar-refractivity contribution is 5.37. The standard InChI is InChI=1S/C21H32N2O2/c1-21(2,25)10-9-17-5-7-18(8-6-17)13-23-14-19(12-22(3)4)11-20(15-23)16-24/h5-8,19-20,24-25H,11-16H2,1-4H3. The molecule has 2 N–H and O–H groups in total. The smallest absolute Gasteiger partial charge is 0.120 e. The van der Waals surface area contributed by atoms with Gasteiger partial charge >= 0.3 is 0 Å². The number of likely N-dealkylation sites (tertiary alicyclic amines) is 1. The Kier molecular flexibility index (Phi) is 7.04. The average molecular weight is 344 g/mol. The molecule has 4 heteroatoms. The highest BCUT2D eigenvalue weighted by Gasteiger charge is 2.27. The molecule has 1 saturated heterocycles. The van der Waals surface area contributed by atoms with Crippen LogP contribution in [0.2, 0.25) is 0 Å². The van der Waals surface area contributed by atoms with Crippen LogP contribution in [0.1, 0.15) is 31.4 Å². The molecule has 0 amide bonds. The van der Waals surface area contributed by atoms with E-state index in [0.717, 1.165) is 38.2 Å². The largest absolute Gasteiger partial charge is 0.396 e. The first-order chi connectivity index (χ1) is 11.7. The average Bonchev–Trinajstić information content (AvgIpc) is 2.52. The van der Waals surface area contributed by atoms with E-state index in [1.807, 2.05) is 12.1 Å². The molecule has 0 aromatic heterocycles. The lowest BCUT2D eigenvalue weighted by molar-refractivity contribution is 0.0692. The fourth-order valence-corrected chi connectivity index (χ4v) is 3.51. The van der Waals surface area contributed by atoms with Crippen molar-refractivity contribution in [3.63, 3.8) is 0 Å². The fraction of sp³-hybridized carbons (Fsp3) is 0.619. The van der Waals surface area contributed by atoms with Gasteiger partial charge in [0.1, 0.15) is 5.60 Å². The molecule has 138 valence electrons. The molecule has 1 aliphatic rings. The summed E-state index contributed by atoms with van der Waals surface area (Å²) in [5.74, 6) is 6.83. The van der Waals surface area contributed by atoms with Gasteiger partial charge in [-0.15, -0.1) is 0 Å². The van der Waals surface area contributed by atoms with Crippen LogP contribution in [0.5, 0.6) is 0 Å². The lowest BCUT2D eigenvalue weighted by atomic mass is 9.89. The summed E-state index contributed by atoms with van der Waals surface area (Å²) in [7, 11) is 4.22. The molecule has 2 atom stereocenters. The summed E-state index contributed by atoms with van der Waals surface area (Å²) in [4.78, 5) is 4.69. The second-order valence-electron chi connectivity index (χ2n) is 8.11. The predicted octanol–water partition coefficient (Wildman–Crippen LogP) is 1.80. The van der Waals surface area contributed by atoms with E-state index in [4.69, 9.17) is 0 Å². The monoisotopic (exact) mass is 344 g/mol. The number of piperidine rings is 1. The van der Waals surface area contributed by atoms with Gasteiger partial charge in [0.15, 0.2) is 0 Å². The number of rotatable bonds is 5. The Labute approximate surface area is 152 Å². The topological polar surface area (TPSA) is 46.9 Å². The molecule has 2 rings (SSSR count). The first kappa shape index (κ1) is 19.9. The third-order valence-corrected chi connectivity index (χ3v) is 4.45. The van der Waals surface area contributed by atoms with E-state index in [-0.39, 0.29) is 6.61 Å². The summed E-state index contributed by atoms with van der Waals surface area (Å²) in [6.45, 7) is 7.65. The predicted molar refractivity (Wildman–Crippen MR) is 102 cm³/mol. The molecule has 4 nitrogen and oxygen atoms in total. The summed E-state index contributed by atoms with van der Waals surface area (Å²) >= 11 is 0. The Morgan fingerprint density at radius 1 is 1.16 bits per heavy atom. The van der Waals surface area contributed by atoms with Crippen molar-refractivity contribution in [3.05, 3.63) is 35.4 Å². The third kappa shape index (κ3) is 7.17. The minimum atomic E-state index is -0.965. The molecule has 0 bridgehead atoms. The summed E-state index contributed by atoms with van der Waals surface area (Å²) in [5, 5.41) is 19.3. The van der Waals surface area contributed by atoms with Crippen molar-refractivity contribution in [3.8, 4) is 11.8 Å². The summed E-state index contributed by atoms with van der Waals surface area (Å²) in [6, 6.07) is 8.24. The molecule has 1 aromatic carbocycles. The van der Waals surface area contributed by atoms with Gasteiger partial charge in [-0.05, 0) is 63.9 Å². The maximum absolute atomic E-state index is 9.68. The number of benzene rings is 1. The Bertz CT molecular complexity index is 593. The number of nitrogens with zero attached hydrogens (tertiary/aromatic N) is 2. The Morgan fingerprint density at radius 3 is 2.36 bits per heavy atom. The second-order valence-corrected chi connectivity index (χ2v) is 8.11. The lowest BCUT2D eigenvalue weighted by Crippen LogP contribution is -2.44. The number of hydrogen-bond acceptors (Lipinski definition) is 4.